The standard InChI is InChI=1S/C15H13F3N2/c16-10-6-7-11(14(18)13(10)17)20-12-5-1-3-9-4-2-8-19-15(9)12/h2,4,6-8,12,20H,1,3,5H2. The SMILES string of the molecule is Fc1ccc(NC2CCCc3cccnc32)c(F)c1F. The van der Waals surface area contributed by atoms with Gasteiger partial charge >= 0.3 is 0 Å². The van der Waals surface area contributed by atoms with Crippen LogP contribution in [0.15, 0.2) is 30.5 Å². The number of pyridine rings is 1. The molecular formula is C15H13F3N2. The molecule has 104 valence electrons. The molecule has 2 aromatic rings. The van der Waals surface area contributed by atoms with Gasteiger partial charge in [-0.15, -0.1) is 0 Å². The maximum absolute atomic E-state index is 13.7. The van der Waals surface area contributed by atoms with Crippen molar-refractivity contribution in [1.29, 1.82) is 0 Å². The van der Waals surface area contributed by atoms with Crippen molar-refractivity contribution in [3.05, 3.63) is 59.2 Å². The largest absolute Gasteiger partial charge is 0.374 e. The number of hydrogen-bond donors (Lipinski definition) is 1. The van der Waals surface area contributed by atoms with Gasteiger partial charge in [-0.3, -0.25) is 4.98 Å². The van der Waals surface area contributed by atoms with E-state index in [1.807, 2.05) is 12.1 Å². The molecule has 1 aliphatic carbocycles. The molecule has 20 heavy (non-hydrogen) atoms. The third kappa shape index (κ3) is 2.24. The molecule has 0 saturated carbocycles. The summed E-state index contributed by atoms with van der Waals surface area (Å²) >= 11 is 0. The van der Waals surface area contributed by atoms with Crippen LogP contribution in [-0.2, 0) is 6.42 Å². The van der Waals surface area contributed by atoms with Crippen LogP contribution in [0.1, 0.15) is 30.1 Å². The Morgan fingerprint density at radius 3 is 2.80 bits per heavy atom. The van der Waals surface area contributed by atoms with Crippen molar-refractivity contribution in [1.82, 2.24) is 4.98 Å². The predicted octanol–water partition coefficient (Wildman–Crippen LogP) is 3.99. The highest BCUT2D eigenvalue weighted by Crippen LogP contribution is 2.32. The lowest BCUT2D eigenvalue weighted by Crippen LogP contribution is -2.19. The summed E-state index contributed by atoms with van der Waals surface area (Å²) in [5.41, 5.74) is 1.93. The van der Waals surface area contributed by atoms with Crippen molar-refractivity contribution in [2.75, 3.05) is 5.32 Å². The monoisotopic (exact) mass is 278 g/mol. The van der Waals surface area contributed by atoms with Crippen molar-refractivity contribution in [3.63, 3.8) is 0 Å². The third-order valence-corrected chi connectivity index (χ3v) is 3.56. The van der Waals surface area contributed by atoms with E-state index in [4.69, 9.17) is 0 Å². The summed E-state index contributed by atoms with van der Waals surface area (Å²) < 4.78 is 39.9. The molecule has 0 radical (unpaired) electrons. The second-order valence-electron chi connectivity index (χ2n) is 4.86. The highest BCUT2D eigenvalue weighted by molar-refractivity contribution is 5.48. The first kappa shape index (κ1) is 13.0. The zero-order chi connectivity index (χ0) is 14.1. The lowest BCUT2D eigenvalue weighted by Gasteiger charge is -2.26. The van der Waals surface area contributed by atoms with Gasteiger partial charge in [0.2, 0.25) is 0 Å². The van der Waals surface area contributed by atoms with Crippen LogP contribution >= 0.6 is 0 Å². The first-order chi connectivity index (χ1) is 9.66. The van der Waals surface area contributed by atoms with Crippen LogP contribution in [0.25, 0.3) is 0 Å². The minimum absolute atomic E-state index is 0.0348. The van der Waals surface area contributed by atoms with Crippen LogP contribution in [0.3, 0.4) is 0 Å². The number of fused-ring (bicyclic) bond motifs is 1. The Balaban J connectivity index is 1.92. The Morgan fingerprint density at radius 2 is 1.95 bits per heavy atom. The Bertz CT molecular complexity index is 643. The fraction of sp³-hybridized carbons (Fsp3) is 0.267. The minimum Gasteiger partial charge on any atom is -0.374 e. The number of hydrogen-bond acceptors (Lipinski definition) is 2. The fourth-order valence-corrected chi connectivity index (χ4v) is 2.57. The number of nitrogens with zero attached hydrogens (tertiary/aromatic N) is 1. The summed E-state index contributed by atoms with van der Waals surface area (Å²) in [4.78, 5) is 4.31. The summed E-state index contributed by atoms with van der Waals surface area (Å²) in [5.74, 6) is -3.82. The van der Waals surface area contributed by atoms with E-state index in [2.05, 4.69) is 10.3 Å². The molecule has 1 aromatic carbocycles. The molecule has 1 aliphatic rings. The fourth-order valence-electron chi connectivity index (χ4n) is 2.57. The lowest BCUT2D eigenvalue weighted by atomic mass is 9.92. The number of benzene rings is 1. The van der Waals surface area contributed by atoms with Crippen molar-refractivity contribution in [2.45, 2.75) is 25.3 Å². The first-order valence-corrected chi connectivity index (χ1v) is 6.50. The first-order valence-electron chi connectivity index (χ1n) is 6.50. The summed E-state index contributed by atoms with van der Waals surface area (Å²) in [6, 6.07) is 5.80. The van der Waals surface area contributed by atoms with Gasteiger partial charge in [-0.2, -0.15) is 0 Å². The minimum atomic E-state index is -1.45. The summed E-state index contributed by atoms with van der Waals surface area (Å²) in [6.07, 6.45) is 4.34. The average molecular weight is 278 g/mol. The lowest BCUT2D eigenvalue weighted by molar-refractivity contribution is 0.447. The molecule has 2 nitrogen and oxygen atoms in total. The maximum atomic E-state index is 13.7. The topological polar surface area (TPSA) is 24.9 Å². The molecule has 3 rings (SSSR count). The van der Waals surface area contributed by atoms with Gasteiger partial charge in [-0.05, 0) is 43.0 Å². The molecule has 0 amide bonds. The normalized spacial score (nSPS) is 17.6. The van der Waals surface area contributed by atoms with Gasteiger partial charge in [0.15, 0.2) is 17.5 Å². The summed E-state index contributed by atoms with van der Waals surface area (Å²) in [6.45, 7) is 0. The van der Waals surface area contributed by atoms with Crippen LogP contribution in [0.5, 0.6) is 0 Å². The maximum Gasteiger partial charge on any atom is 0.196 e. The molecule has 0 spiro atoms. The van der Waals surface area contributed by atoms with Crippen molar-refractivity contribution in [3.8, 4) is 0 Å². The molecule has 0 saturated heterocycles. The molecule has 1 atom stereocenters. The zero-order valence-electron chi connectivity index (χ0n) is 10.7. The number of halogens is 3. The van der Waals surface area contributed by atoms with Gasteiger partial charge in [0.05, 0.1) is 17.4 Å². The van der Waals surface area contributed by atoms with E-state index in [1.54, 1.807) is 6.20 Å². The van der Waals surface area contributed by atoms with Crippen LogP contribution in [-0.4, -0.2) is 4.98 Å². The van der Waals surface area contributed by atoms with E-state index in [9.17, 15) is 13.2 Å². The van der Waals surface area contributed by atoms with E-state index in [0.717, 1.165) is 36.6 Å². The van der Waals surface area contributed by atoms with Gasteiger partial charge in [0.1, 0.15) is 0 Å². The van der Waals surface area contributed by atoms with Gasteiger partial charge in [0.25, 0.3) is 0 Å². The van der Waals surface area contributed by atoms with Crippen molar-refractivity contribution in [2.24, 2.45) is 0 Å². The Kier molecular flexibility index (Phi) is 3.34. The second kappa shape index (κ2) is 5.15. The van der Waals surface area contributed by atoms with Crippen LogP contribution in [0, 0.1) is 17.5 Å². The van der Waals surface area contributed by atoms with Crippen molar-refractivity contribution < 1.29 is 13.2 Å². The van der Waals surface area contributed by atoms with E-state index in [-0.39, 0.29) is 11.7 Å². The molecule has 1 aromatic heterocycles. The smallest absolute Gasteiger partial charge is 0.196 e. The quantitative estimate of drug-likeness (QED) is 0.840. The van der Waals surface area contributed by atoms with E-state index >= 15 is 0 Å². The molecule has 5 heteroatoms. The third-order valence-electron chi connectivity index (χ3n) is 3.56. The van der Waals surface area contributed by atoms with Crippen LogP contribution in [0.2, 0.25) is 0 Å². The molecule has 0 aliphatic heterocycles. The molecule has 1 heterocycles. The average Bonchev–Trinajstić information content (AvgIpc) is 2.48. The Morgan fingerprint density at radius 1 is 1.10 bits per heavy atom. The van der Waals surface area contributed by atoms with E-state index in [1.165, 1.54) is 6.07 Å². The summed E-state index contributed by atoms with van der Waals surface area (Å²) in [5, 5.41) is 2.93. The number of nitrogens with one attached hydrogen (secondary N) is 1. The molecule has 1 N–H and O–H groups in total. The second-order valence-corrected chi connectivity index (χ2v) is 4.86. The zero-order valence-corrected chi connectivity index (χ0v) is 10.7. The Labute approximate surface area is 114 Å². The van der Waals surface area contributed by atoms with Gasteiger partial charge in [-0.1, -0.05) is 6.07 Å². The summed E-state index contributed by atoms with van der Waals surface area (Å²) in [7, 11) is 0. The van der Waals surface area contributed by atoms with Crippen LogP contribution in [0.4, 0.5) is 18.9 Å². The van der Waals surface area contributed by atoms with Gasteiger partial charge in [-0.25, -0.2) is 13.2 Å². The Hall–Kier alpha value is -2.04. The molecule has 0 fully saturated rings. The molecule has 1 unspecified atom stereocenters. The number of aromatic nitrogens is 1. The number of rotatable bonds is 2. The highest BCUT2D eigenvalue weighted by Gasteiger charge is 2.23. The van der Waals surface area contributed by atoms with Gasteiger partial charge < -0.3 is 5.32 Å². The van der Waals surface area contributed by atoms with Crippen LogP contribution < -0.4 is 5.32 Å². The highest BCUT2D eigenvalue weighted by atomic mass is 19.2. The number of aryl methyl sites for hydroxylation is 1. The van der Waals surface area contributed by atoms with E-state index < -0.39 is 17.5 Å². The number of anilines is 1. The molecule has 0 bridgehead atoms. The molecular weight excluding hydrogens is 265 g/mol. The predicted molar refractivity (Wildman–Crippen MR) is 69.9 cm³/mol. The van der Waals surface area contributed by atoms with Gasteiger partial charge in [0, 0.05) is 6.20 Å². The van der Waals surface area contributed by atoms with E-state index in [0.29, 0.717) is 0 Å². The van der Waals surface area contributed by atoms with Crippen molar-refractivity contribution >= 4 is 5.69 Å².